The van der Waals surface area contributed by atoms with Gasteiger partial charge in [0.1, 0.15) is 0 Å². The van der Waals surface area contributed by atoms with Crippen LogP contribution in [-0.2, 0) is 14.3 Å². The highest BCUT2D eigenvalue weighted by molar-refractivity contribution is 5.81. The molecule has 5 nitrogen and oxygen atoms in total. The van der Waals surface area contributed by atoms with Crippen molar-refractivity contribution in [2.45, 2.75) is 59.0 Å². The molecule has 1 amide bonds. The summed E-state index contributed by atoms with van der Waals surface area (Å²) in [6.07, 6.45) is 2.71. The van der Waals surface area contributed by atoms with E-state index in [2.05, 4.69) is 10.2 Å². The summed E-state index contributed by atoms with van der Waals surface area (Å²) in [5.41, 5.74) is 0. The summed E-state index contributed by atoms with van der Waals surface area (Å²) in [5, 5.41) is 3.00. The summed E-state index contributed by atoms with van der Waals surface area (Å²) in [7, 11) is 0. The van der Waals surface area contributed by atoms with Crippen LogP contribution in [0.1, 0.15) is 47.0 Å². The van der Waals surface area contributed by atoms with E-state index in [-0.39, 0.29) is 29.9 Å². The van der Waals surface area contributed by atoms with E-state index in [1.807, 2.05) is 27.7 Å². The maximum atomic E-state index is 12.1. The van der Waals surface area contributed by atoms with Crippen molar-refractivity contribution in [1.29, 1.82) is 0 Å². The highest BCUT2D eigenvalue weighted by Gasteiger charge is 2.31. The molecule has 1 N–H and O–H groups in total. The minimum atomic E-state index is -0.193. The molecular formula is C15H28N2O3. The number of ether oxygens (including phenoxy) is 1. The van der Waals surface area contributed by atoms with E-state index in [0.717, 1.165) is 25.8 Å². The number of nitrogens with one attached hydrogen (secondary N) is 1. The Bertz CT molecular complexity index is 333. The van der Waals surface area contributed by atoms with Gasteiger partial charge >= 0.3 is 5.97 Å². The van der Waals surface area contributed by atoms with Crippen molar-refractivity contribution in [3.8, 4) is 0 Å². The number of hydrogen-bond donors (Lipinski definition) is 1. The highest BCUT2D eigenvalue weighted by atomic mass is 16.5. The molecule has 0 bridgehead atoms. The van der Waals surface area contributed by atoms with Crippen molar-refractivity contribution in [3.05, 3.63) is 0 Å². The van der Waals surface area contributed by atoms with Gasteiger partial charge in [-0.05, 0) is 46.6 Å². The zero-order valence-corrected chi connectivity index (χ0v) is 13.1. The van der Waals surface area contributed by atoms with E-state index < -0.39 is 0 Å². The monoisotopic (exact) mass is 284 g/mol. The second kappa shape index (κ2) is 8.25. The van der Waals surface area contributed by atoms with Crippen molar-refractivity contribution in [3.63, 3.8) is 0 Å². The highest BCUT2D eigenvalue weighted by Crippen LogP contribution is 2.20. The van der Waals surface area contributed by atoms with Crippen LogP contribution in [-0.4, -0.2) is 48.6 Å². The molecule has 2 unspecified atom stereocenters. The van der Waals surface area contributed by atoms with Gasteiger partial charge in [-0.2, -0.15) is 0 Å². The lowest BCUT2D eigenvalue weighted by atomic mass is 9.97. The van der Waals surface area contributed by atoms with Crippen LogP contribution < -0.4 is 5.32 Å². The predicted molar refractivity (Wildman–Crippen MR) is 78.3 cm³/mol. The Kier molecular flexibility index (Phi) is 6.99. The number of nitrogens with zero attached hydrogens (tertiary/aromatic N) is 1. The van der Waals surface area contributed by atoms with Crippen molar-refractivity contribution in [2.75, 3.05) is 19.7 Å². The fraction of sp³-hybridized carbons (Fsp3) is 0.867. The van der Waals surface area contributed by atoms with Crippen LogP contribution in [0.15, 0.2) is 0 Å². The van der Waals surface area contributed by atoms with Crippen molar-refractivity contribution in [1.82, 2.24) is 10.2 Å². The number of esters is 1. The summed E-state index contributed by atoms with van der Waals surface area (Å²) in [6, 6.07) is -0.00294. The first-order valence-electron chi connectivity index (χ1n) is 7.70. The molecule has 5 heteroatoms. The Labute approximate surface area is 122 Å². The Hall–Kier alpha value is -1.10. The molecule has 0 aromatic rings. The quantitative estimate of drug-likeness (QED) is 0.752. The predicted octanol–water partition coefficient (Wildman–Crippen LogP) is 1.56. The lowest BCUT2D eigenvalue weighted by Gasteiger charge is -2.35. The first-order chi connectivity index (χ1) is 9.49. The molecule has 116 valence electrons. The molecule has 1 rings (SSSR count). The third-order valence-corrected chi connectivity index (χ3v) is 4.00. The van der Waals surface area contributed by atoms with Crippen LogP contribution in [0.4, 0.5) is 0 Å². The molecule has 20 heavy (non-hydrogen) atoms. The van der Waals surface area contributed by atoms with Crippen molar-refractivity contribution < 1.29 is 14.3 Å². The molecule has 1 fully saturated rings. The standard InChI is InChI=1S/C15H28N2O3/c1-5-11(3)16-14(18)12(4)17-9-7-8-13(10-17)15(19)20-6-2/h11-13H,5-10H2,1-4H3,(H,16,18)/t11?,12?,13-/m0/s1. The molecular weight excluding hydrogens is 256 g/mol. The van der Waals surface area contributed by atoms with Crippen LogP contribution in [0.5, 0.6) is 0 Å². The van der Waals surface area contributed by atoms with Gasteiger partial charge in [0, 0.05) is 12.6 Å². The van der Waals surface area contributed by atoms with E-state index in [1.54, 1.807) is 0 Å². The Morgan fingerprint density at radius 1 is 1.35 bits per heavy atom. The van der Waals surface area contributed by atoms with Gasteiger partial charge in [0.25, 0.3) is 0 Å². The molecule has 1 aliphatic heterocycles. The lowest BCUT2D eigenvalue weighted by molar-refractivity contribution is -0.151. The SMILES string of the molecule is CCOC(=O)[C@H]1CCCN(C(C)C(=O)NC(C)CC)C1. The molecule has 0 aromatic carbocycles. The molecule has 0 saturated carbocycles. The second-order valence-corrected chi connectivity index (χ2v) is 5.58. The van der Waals surface area contributed by atoms with Crippen molar-refractivity contribution in [2.24, 2.45) is 5.92 Å². The van der Waals surface area contributed by atoms with Crippen LogP contribution in [0.2, 0.25) is 0 Å². The molecule has 1 heterocycles. The summed E-state index contributed by atoms with van der Waals surface area (Å²) >= 11 is 0. The van der Waals surface area contributed by atoms with Crippen LogP contribution in [0, 0.1) is 5.92 Å². The van der Waals surface area contributed by atoms with E-state index in [4.69, 9.17) is 4.74 Å². The molecule has 0 spiro atoms. The van der Waals surface area contributed by atoms with E-state index in [1.165, 1.54) is 0 Å². The third-order valence-electron chi connectivity index (χ3n) is 4.00. The fourth-order valence-corrected chi connectivity index (χ4v) is 2.44. The Balaban J connectivity index is 2.53. The number of amides is 1. The number of rotatable bonds is 6. The molecule has 3 atom stereocenters. The molecule has 1 aliphatic rings. The molecule has 0 aromatic heterocycles. The maximum Gasteiger partial charge on any atom is 0.310 e. The van der Waals surface area contributed by atoms with E-state index >= 15 is 0 Å². The topological polar surface area (TPSA) is 58.6 Å². The van der Waals surface area contributed by atoms with Gasteiger partial charge in [0.05, 0.1) is 18.6 Å². The van der Waals surface area contributed by atoms with Crippen LogP contribution >= 0.6 is 0 Å². The number of likely N-dealkylation sites (tertiary alicyclic amines) is 1. The van der Waals surface area contributed by atoms with Gasteiger partial charge in [-0.3, -0.25) is 14.5 Å². The number of carbonyl (C=O) groups excluding carboxylic acids is 2. The summed E-state index contributed by atoms with van der Waals surface area (Å²) in [5.74, 6) is -0.182. The van der Waals surface area contributed by atoms with Gasteiger partial charge in [-0.25, -0.2) is 0 Å². The second-order valence-electron chi connectivity index (χ2n) is 5.58. The summed E-state index contributed by atoms with van der Waals surface area (Å²) < 4.78 is 5.09. The smallest absolute Gasteiger partial charge is 0.310 e. The molecule has 0 radical (unpaired) electrons. The number of hydrogen-bond acceptors (Lipinski definition) is 4. The van der Waals surface area contributed by atoms with Gasteiger partial charge in [-0.15, -0.1) is 0 Å². The average molecular weight is 284 g/mol. The molecule has 1 saturated heterocycles. The maximum absolute atomic E-state index is 12.1. The third kappa shape index (κ3) is 4.78. The van der Waals surface area contributed by atoms with Crippen LogP contribution in [0.25, 0.3) is 0 Å². The average Bonchev–Trinajstić information content (AvgIpc) is 2.46. The van der Waals surface area contributed by atoms with Crippen molar-refractivity contribution >= 4 is 11.9 Å². The number of piperidine rings is 1. The first kappa shape index (κ1) is 17.0. The van der Waals surface area contributed by atoms with E-state index in [9.17, 15) is 9.59 Å². The zero-order valence-electron chi connectivity index (χ0n) is 13.1. The van der Waals surface area contributed by atoms with E-state index in [0.29, 0.717) is 13.2 Å². The van der Waals surface area contributed by atoms with Crippen LogP contribution in [0.3, 0.4) is 0 Å². The zero-order chi connectivity index (χ0) is 15.1. The molecule has 0 aliphatic carbocycles. The lowest BCUT2D eigenvalue weighted by Crippen LogP contribution is -2.51. The van der Waals surface area contributed by atoms with Gasteiger partial charge < -0.3 is 10.1 Å². The summed E-state index contributed by atoms with van der Waals surface area (Å²) in [6.45, 7) is 9.68. The van der Waals surface area contributed by atoms with Gasteiger partial charge in [0.2, 0.25) is 5.91 Å². The Morgan fingerprint density at radius 2 is 2.05 bits per heavy atom. The van der Waals surface area contributed by atoms with Gasteiger partial charge in [-0.1, -0.05) is 6.92 Å². The minimum Gasteiger partial charge on any atom is -0.466 e. The summed E-state index contributed by atoms with van der Waals surface area (Å²) in [4.78, 5) is 26.0. The first-order valence-corrected chi connectivity index (χ1v) is 7.70. The normalized spacial score (nSPS) is 22.9. The fourth-order valence-electron chi connectivity index (χ4n) is 2.44. The Morgan fingerprint density at radius 3 is 2.65 bits per heavy atom. The van der Waals surface area contributed by atoms with Gasteiger partial charge in [0.15, 0.2) is 0 Å². The largest absolute Gasteiger partial charge is 0.466 e. The minimum absolute atomic E-state index is 0.0452. The number of carbonyl (C=O) groups is 2.